The van der Waals surface area contributed by atoms with Crippen molar-refractivity contribution in [3.8, 4) is 5.75 Å². The van der Waals surface area contributed by atoms with Gasteiger partial charge in [0.2, 0.25) is 0 Å². The number of halogens is 1. The summed E-state index contributed by atoms with van der Waals surface area (Å²) in [7, 11) is -0.921. The van der Waals surface area contributed by atoms with Crippen LogP contribution in [0.25, 0.3) is 0 Å². The molecule has 1 aromatic carbocycles. The molecule has 1 heterocycles. The summed E-state index contributed by atoms with van der Waals surface area (Å²) in [6.45, 7) is 6.19. The fourth-order valence-electron chi connectivity index (χ4n) is 2.46. The molecule has 6 heteroatoms. The number of nitrogens with zero attached hydrogens (tertiary/aromatic N) is 1. The second-order valence-corrected chi connectivity index (χ2v) is 6.99. The zero-order valence-electron chi connectivity index (χ0n) is 12.5. The van der Waals surface area contributed by atoms with E-state index in [-0.39, 0.29) is 35.1 Å². The van der Waals surface area contributed by atoms with Crippen molar-refractivity contribution in [2.24, 2.45) is 0 Å². The molecule has 0 N–H and O–H groups in total. The Balaban J connectivity index is 2.32. The van der Waals surface area contributed by atoms with Gasteiger partial charge in [0.15, 0.2) is 11.6 Å². The van der Waals surface area contributed by atoms with E-state index in [4.69, 9.17) is 4.74 Å². The second kappa shape index (κ2) is 6.56. The summed E-state index contributed by atoms with van der Waals surface area (Å²) >= 11 is 0. The van der Waals surface area contributed by atoms with E-state index in [0.29, 0.717) is 12.3 Å². The van der Waals surface area contributed by atoms with E-state index in [1.807, 2.05) is 13.8 Å². The van der Waals surface area contributed by atoms with E-state index < -0.39 is 16.6 Å². The SMILES string of the molecule is CCOc1c(F)cccc1C(=O)N1CC[S@](=O)[C@@H](C)[C@H]1C. The summed E-state index contributed by atoms with van der Waals surface area (Å²) in [5.74, 6) is -0.356. The van der Waals surface area contributed by atoms with Crippen LogP contribution in [0.4, 0.5) is 4.39 Å². The first-order valence-corrected chi connectivity index (χ1v) is 8.45. The van der Waals surface area contributed by atoms with Crippen LogP contribution in [-0.2, 0) is 10.8 Å². The van der Waals surface area contributed by atoms with Crippen molar-refractivity contribution in [3.63, 3.8) is 0 Å². The molecular weight excluding hydrogens is 293 g/mol. The van der Waals surface area contributed by atoms with Gasteiger partial charge in [0.1, 0.15) is 0 Å². The highest BCUT2D eigenvalue weighted by Gasteiger charge is 2.34. The largest absolute Gasteiger partial charge is 0.490 e. The van der Waals surface area contributed by atoms with Gasteiger partial charge in [-0.15, -0.1) is 0 Å². The van der Waals surface area contributed by atoms with Crippen molar-refractivity contribution in [1.82, 2.24) is 4.90 Å². The van der Waals surface area contributed by atoms with Crippen molar-refractivity contribution in [3.05, 3.63) is 29.6 Å². The van der Waals surface area contributed by atoms with Crippen LogP contribution in [0, 0.1) is 5.82 Å². The van der Waals surface area contributed by atoms with Gasteiger partial charge in [-0.3, -0.25) is 9.00 Å². The highest BCUT2D eigenvalue weighted by Crippen LogP contribution is 2.27. The molecule has 0 radical (unpaired) electrons. The third-order valence-electron chi connectivity index (χ3n) is 3.87. The van der Waals surface area contributed by atoms with Gasteiger partial charge in [-0.1, -0.05) is 6.07 Å². The van der Waals surface area contributed by atoms with E-state index in [1.54, 1.807) is 17.9 Å². The minimum absolute atomic E-state index is 0.00320. The predicted molar refractivity (Wildman–Crippen MR) is 80.5 cm³/mol. The average Bonchev–Trinajstić information content (AvgIpc) is 2.46. The van der Waals surface area contributed by atoms with E-state index in [1.165, 1.54) is 12.1 Å². The molecule has 0 unspecified atom stereocenters. The molecule has 1 aliphatic heterocycles. The Kier molecular flexibility index (Phi) is 4.98. The van der Waals surface area contributed by atoms with Crippen LogP contribution in [0.15, 0.2) is 18.2 Å². The monoisotopic (exact) mass is 313 g/mol. The predicted octanol–water partition coefficient (Wildman–Crippen LogP) is 2.21. The third-order valence-corrected chi connectivity index (χ3v) is 5.67. The van der Waals surface area contributed by atoms with Crippen molar-refractivity contribution in [2.75, 3.05) is 18.9 Å². The number of hydrogen-bond donors (Lipinski definition) is 0. The zero-order chi connectivity index (χ0) is 15.6. The molecule has 1 aliphatic rings. The molecule has 0 aromatic heterocycles. The third kappa shape index (κ3) is 3.10. The molecule has 1 fully saturated rings. The fraction of sp³-hybridized carbons (Fsp3) is 0.533. The van der Waals surface area contributed by atoms with Gasteiger partial charge in [0.25, 0.3) is 5.91 Å². The van der Waals surface area contributed by atoms with Gasteiger partial charge in [0, 0.05) is 29.1 Å². The molecule has 0 spiro atoms. The molecule has 116 valence electrons. The van der Waals surface area contributed by atoms with Gasteiger partial charge in [-0.05, 0) is 32.9 Å². The van der Waals surface area contributed by atoms with E-state index in [2.05, 4.69) is 0 Å². The molecule has 0 bridgehead atoms. The van der Waals surface area contributed by atoms with Crippen molar-refractivity contribution in [1.29, 1.82) is 0 Å². The number of carbonyl (C=O) groups is 1. The Bertz CT molecular complexity index is 564. The summed E-state index contributed by atoms with van der Waals surface area (Å²) in [6, 6.07) is 4.20. The Morgan fingerprint density at radius 1 is 1.48 bits per heavy atom. The smallest absolute Gasteiger partial charge is 0.258 e. The maximum Gasteiger partial charge on any atom is 0.258 e. The summed E-state index contributed by atoms with van der Waals surface area (Å²) in [4.78, 5) is 14.3. The molecule has 4 nitrogen and oxygen atoms in total. The first-order chi connectivity index (χ1) is 9.97. The molecule has 2 rings (SSSR count). The van der Waals surface area contributed by atoms with Gasteiger partial charge in [-0.25, -0.2) is 4.39 Å². The molecular formula is C15H20FNO3S. The normalized spacial score (nSPS) is 25.7. The van der Waals surface area contributed by atoms with Gasteiger partial charge in [0.05, 0.1) is 17.4 Å². The van der Waals surface area contributed by atoms with Crippen LogP contribution >= 0.6 is 0 Å². The van der Waals surface area contributed by atoms with E-state index in [0.717, 1.165) is 0 Å². The number of amides is 1. The minimum atomic E-state index is -0.921. The number of benzene rings is 1. The van der Waals surface area contributed by atoms with Crippen molar-refractivity contribution < 1.29 is 18.1 Å². The van der Waals surface area contributed by atoms with Crippen LogP contribution in [-0.4, -0.2) is 45.2 Å². The molecule has 1 amide bonds. The summed E-state index contributed by atoms with van der Waals surface area (Å²) < 4.78 is 31.0. The minimum Gasteiger partial charge on any atom is -0.490 e. The lowest BCUT2D eigenvalue weighted by Crippen LogP contribution is -2.52. The van der Waals surface area contributed by atoms with Crippen LogP contribution in [0.3, 0.4) is 0 Å². The van der Waals surface area contributed by atoms with E-state index in [9.17, 15) is 13.4 Å². The number of ether oxygens (including phenoxy) is 1. The highest BCUT2D eigenvalue weighted by atomic mass is 32.2. The Morgan fingerprint density at radius 2 is 2.19 bits per heavy atom. The van der Waals surface area contributed by atoms with Crippen LogP contribution in [0.5, 0.6) is 5.75 Å². The lowest BCUT2D eigenvalue weighted by molar-refractivity contribution is 0.0690. The lowest BCUT2D eigenvalue weighted by atomic mass is 10.1. The van der Waals surface area contributed by atoms with Crippen molar-refractivity contribution in [2.45, 2.75) is 32.1 Å². The number of rotatable bonds is 3. The first kappa shape index (κ1) is 15.9. The second-order valence-electron chi connectivity index (χ2n) is 5.08. The lowest BCUT2D eigenvalue weighted by Gasteiger charge is -2.37. The topological polar surface area (TPSA) is 46.6 Å². The van der Waals surface area contributed by atoms with Crippen molar-refractivity contribution >= 4 is 16.7 Å². The van der Waals surface area contributed by atoms with Gasteiger partial charge >= 0.3 is 0 Å². The fourth-order valence-corrected chi connectivity index (χ4v) is 3.80. The molecule has 1 aromatic rings. The Labute approximate surface area is 126 Å². The average molecular weight is 313 g/mol. The Morgan fingerprint density at radius 3 is 2.86 bits per heavy atom. The maximum atomic E-state index is 13.9. The van der Waals surface area contributed by atoms with E-state index >= 15 is 0 Å². The van der Waals surface area contributed by atoms with Crippen LogP contribution in [0.1, 0.15) is 31.1 Å². The number of carbonyl (C=O) groups excluding carboxylic acids is 1. The van der Waals surface area contributed by atoms with Crippen LogP contribution < -0.4 is 4.74 Å². The first-order valence-electron chi connectivity index (χ1n) is 7.06. The standard InChI is InChI=1S/C15H20FNO3S/c1-4-20-14-12(6-5-7-13(14)16)15(18)17-8-9-21(19)11(3)10(17)2/h5-7,10-11H,4,8-9H2,1-3H3/t10-,11+,21+/m1/s1. The summed E-state index contributed by atoms with van der Waals surface area (Å²) in [6.07, 6.45) is 0. The highest BCUT2D eigenvalue weighted by molar-refractivity contribution is 7.85. The van der Waals surface area contributed by atoms with Crippen LogP contribution in [0.2, 0.25) is 0 Å². The summed E-state index contributed by atoms with van der Waals surface area (Å²) in [5, 5.41) is -0.0909. The van der Waals surface area contributed by atoms with Gasteiger partial charge < -0.3 is 9.64 Å². The number of para-hydroxylation sites is 1. The number of hydrogen-bond acceptors (Lipinski definition) is 3. The maximum absolute atomic E-state index is 13.9. The summed E-state index contributed by atoms with van der Waals surface area (Å²) in [5.41, 5.74) is 0.226. The molecule has 0 aliphatic carbocycles. The molecule has 21 heavy (non-hydrogen) atoms. The molecule has 1 saturated heterocycles. The molecule has 0 saturated carbocycles. The quantitative estimate of drug-likeness (QED) is 0.859. The Hall–Kier alpha value is -1.43. The van der Waals surface area contributed by atoms with Gasteiger partial charge in [-0.2, -0.15) is 0 Å². The zero-order valence-corrected chi connectivity index (χ0v) is 13.3. The molecule has 3 atom stereocenters.